The van der Waals surface area contributed by atoms with Crippen LogP contribution in [0.2, 0.25) is 0 Å². The van der Waals surface area contributed by atoms with Gasteiger partial charge in [-0.2, -0.15) is 13.2 Å². The van der Waals surface area contributed by atoms with E-state index in [0.717, 1.165) is 11.6 Å². The second-order valence-corrected chi connectivity index (χ2v) is 6.45. The number of nitrogens with zero attached hydrogens (tertiary/aromatic N) is 1. The lowest BCUT2D eigenvalue weighted by Gasteiger charge is -2.18. The Morgan fingerprint density at radius 1 is 1.12 bits per heavy atom. The van der Waals surface area contributed by atoms with Crippen molar-refractivity contribution in [2.45, 2.75) is 12.1 Å². The van der Waals surface area contributed by atoms with Crippen LogP contribution in [0.5, 0.6) is 0 Å². The summed E-state index contributed by atoms with van der Waals surface area (Å²) in [5.74, 6) is -1.71. The van der Waals surface area contributed by atoms with Gasteiger partial charge in [0.05, 0.1) is 5.56 Å². The third kappa shape index (κ3) is 3.72. The number of carbonyl (C=O) groups is 1. The smallest absolute Gasteiger partial charge is 0.338 e. The third-order valence-corrected chi connectivity index (χ3v) is 4.73. The van der Waals surface area contributed by atoms with Crippen LogP contribution in [0, 0.1) is 11.7 Å². The minimum atomic E-state index is -4.71. The summed E-state index contributed by atoms with van der Waals surface area (Å²) >= 11 is 0. The molecule has 2 aromatic rings. The van der Waals surface area contributed by atoms with E-state index in [1.807, 2.05) is 30.3 Å². The molecule has 0 saturated carbocycles. The molecule has 3 nitrogen and oxygen atoms in total. The van der Waals surface area contributed by atoms with Crippen molar-refractivity contribution < 1.29 is 22.4 Å². The third-order valence-electron chi connectivity index (χ3n) is 4.73. The van der Waals surface area contributed by atoms with Gasteiger partial charge in [0.1, 0.15) is 5.82 Å². The van der Waals surface area contributed by atoms with Crippen molar-refractivity contribution in [3.05, 3.63) is 71.0 Å². The zero-order valence-electron chi connectivity index (χ0n) is 13.8. The highest BCUT2D eigenvalue weighted by Crippen LogP contribution is 2.34. The van der Waals surface area contributed by atoms with Gasteiger partial charge in [-0.3, -0.25) is 4.79 Å². The van der Waals surface area contributed by atoms with Crippen LogP contribution in [0.15, 0.2) is 48.5 Å². The molecule has 0 bridgehead atoms. The lowest BCUT2D eigenvalue weighted by Crippen LogP contribution is -2.30. The fourth-order valence-corrected chi connectivity index (χ4v) is 3.41. The van der Waals surface area contributed by atoms with Crippen LogP contribution < -0.4 is 5.73 Å². The number of hydrogen-bond acceptors (Lipinski definition) is 2. The number of amides is 1. The fraction of sp³-hybridized carbons (Fsp3) is 0.316. The SMILES string of the molecule is NC[C@@H]1CN(C(=O)c2cc(F)cc(C(F)(F)F)c2)C[C@H]1c1ccccc1. The van der Waals surface area contributed by atoms with Crippen molar-refractivity contribution in [1.82, 2.24) is 4.90 Å². The minimum absolute atomic E-state index is 0.000737. The first-order chi connectivity index (χ1) is 12.3. The van der Waals surface area contributed by atoms with Gasteiger partial charge in [-0.1, -0.05) is 30.3 Å². The summed E-state index contributed by atoms with van der Waals surface area (Å²) < 4.78 is 52.2. The molecule has 26 heavy (non-hydrogen) atoms. The fourth-order valence-electron chi connectivity index (χ4n) is 3.41. The number of nitrogens with two attached hydrogens (primary N) is 1. The van der Waals surface area contributed by atoms with Crippen molar-refractivity contribution >= 4 is 5.91 Å². The van der Waals surface area contributed by atoms with Crippen LogP contribution in [0.25, 0.3) is 0 Å². The molecule has 138 valence electrons. The molecule has 1 saturated heterocycles. The summed E-state index contributed by atoms with van der Waals surface area (Å²) in [4.78, 5) is 14.1. The average Bonchev–Trinajstić information content (AvgIpc) is 3.05. The summed E-state index contributed by atoms with van der Waals surface area (Å²) in [6.07, 6.45) is -4.71. The van der Waals surface area contributed by atoms with Gasteiger partial charge in [0.2, 0.25) is 0 Å². The summed E-state index contributed by atoms with van der Waals surface area (Å²) in [7, 11) is 0. The number of carbonyl (C=O) groups excluding carboxylic acids is 1. The first-order valence-corrected chi connectivity index (χ1v) is 8.21. The van der Waals surface area contributed by atoms with E-state index in [0.29, 0.717) is 31.8 Å². The monoisotopic (exact) mass is 366 g/mol. The van der Waals surface area contributed by atoms with Gasteiger partial charge >= 0.3 is 6.18 Å². The van der Waals surface area contributed by atoms with Gasteiger partial charge in [-0.25, -0.2) is 4.39 Å². The van der Waals surface area contributed by atoms with Crippen LogP contribution in [0.4, 0.5) is 17.6 Å². The molecule has 1 aliphatic heterocycles. The molecule has 1 heterocycles. The van der Waals surface area contributed by atoms with E-state index in [2.05, 4.69) is 0 Å². The van der Waals surface area contributed by atoms with Crippen molar-refractivity contribution in [3.63, 3.8) is 0 Å². The number of alkyl halides is 3. The Hall–Kier alpha value is -2.41. The topological polar surface area (TPSA) is 46.3 Å². The molecule has 2 atom stereocenters. The number of hydrogen-bond donors (Lipinski definition) is 1. The first-order valence-electron chi connectivity index (χ1n) is 8.21. The minimum Gasteiger partial charge on any atom is -0.338 e. The molecule has 0 spiro atoms. The molecule has 2 aromatic carbocycles. The van der Waals surface area contributed by atoms with Crippen LogP contribution in [-0.2, 0) is 6.18 Å². The molecule has 7 heteroatoms. The average molecular weight is 366 g/mol. The zero-order chi connectivity index (χ0) is 18.9. The Morgan fingerprint density at radius 2 is 1.81 bits per heavy atom. The molecule has 0 aromatic heterocycles. The summed E-state index contributed by atoms with van der Waals surface area (Å²) in [5.41, 5.74) is 5.37. The highest BCUT2D eigenvalue weighted by molar-refractivity contribution is 5.94. The van der Waals surface area contributed by atoms with Gasteiger partial charge in [-0.15, -0.1) is 0 Å². The van der Waals surface area contributed by atoms with E-state index < -0.39 is 23.5 Å². The van der Waals surface area contributed by atoms with E-state index in [1.54, 1.807) is 0 Å². The van der Waals surface area contributed by atoms with E-state index in [4.69, 9.17) is 5.73 Å². The molecule has 2 N–H and O–H groups in total. The lowest BCUT2D eigenvalue weighted by atomic mass is 9.89. The second-order valence-electron chi connectivity index (χ2n) is 6.45. The molecule has 1 amide bonds. The van der Waals surface area contributed by atoms with E-state index in [-0.39, 0.29) is 17.4 Å². The Balaban J connectivity index is 1.86. The first kappa shape index (κ1) is 18.4. The van der Waals surface area contributed by atoms with Crippen LogP contribution in [0.3, 0.4) is 0 Å². The van der Waals surface area contributed by atoms with Crippen molar-refractivity contribution in [2.24, 2.45) is 11.7 Å². The van der Waals surface area contributed by atoms with E-state index in [1.165, 1.54) is 4.90 Å². The maximum absolute atomic E-state index is 13.6. The zero-order valence-corrected chi connectivity index (χ0v) is 13.8. The molecular formula is C19H18F4N2O. The highest BCUT2D eigenvalue weighted by atomic mass is 19.4. The van der Waals surface area contributed by atoms with Crippen LogP contribution in [0.1, 0.15) is 27.4 Å². The second kappa shape index (κ2) is 7.07. The summed E-state index contributed by atoms with van der Waals surface area (Å²) in [6.45, 7) is 1.01. The van der Waals surface area contributed by atoms with Crippen molar-refractivity contribution in [1.29, 1.82) is 0 Å². The number of likely N-dealkylation sites (tertiary alicyclic amines) is 1. The van der Waals surface area contributed by atoms with Crippen molar-refractivity contribution in [2.75, 3.05) is 19.6 Å². The highest BCUT2D eigenvalue weighted by Gasteiger charge is 2.37. The standard InChI is InChI=1S/C19H18F4N2O/c20-16-7-13(6-15(8-16)19(21,22)23)18(26)25-10-14(9-24)17(11-25)12-4-2-1-3-5-12/h1-8,14,17H,9-11,24H2/t14-,17+/m1/s1. The molecule has 0 radical (unpaired) electrons. The molecule has 1 fully saturated rings. The molecule has 0 aliphatic carbocycles. The van der Waals surface area contributed by atoms with Crippen LogP contribution in [-0.4, -0.2) is 30.4 Å². The number of rotatable bonds is 3. The maximum Gasteiger partial charge on any atom is 0.416 e. The predicted molar refractivity (Wildman–Crippen MR) is 89.0 cm³/mol. The van der Waals surface area contributed by atoms with Crippen LogP contribution >= 0.6 is 0 Å². The Morgan fingerprint density at radius 3 is 2.42 bits per heavy atom. The Labute approximate surface area is 148 Å². The number of halogens is 4. The largest absolute Gasteiger partial charge is 0.416 e. The van der Waals surface area contributed by atoms with E-state index in [9.17, 15) is 22.4 Å². The Kier molecular flexibility index (Phi) is 5.00. The molecular weight excluding hydrogens is 348 g/mol. The lowest BCUT2D eigenvalue weighted by molar-refractivity contribution is -0.137. The van der Waals surface area contributed by atoms with Gasteiger partial charge in [0, 0.05) is 24.6 Å². The predicted octanol–water partition coefficient (Wildman–Crippen LogP) is 3.66. The number of benzene rings is 2. The maximum atomic E-state index is 13.6. The summed E-state index contributed by atoms with van der Waals surface area (Å²) in [6, 6.07) is 11.4. The molecule has 1 aliphatic rings. The summed E-state index contributed by atoms with van der Waals surface area (Å²) in [5, 5.41) is 0. The van der Waals surface area contributed by atoms with Crippen molar-refractivity contribution in [3.8, 4) is 0 Å². The quantitative estimate of drug-likeness (QED) is 0.843. The molecule has 0 unspecified atom stereocenters. The Bertz CT molecular complexity index is 792. The van der Waals surface area contributed by atoms with Gasteiger partial charge in [-0.05, 0) is 36.2 Å². The normalized spacial score (nSPS) is 20.4. The molecule has 3 rings (SSSR count). The van der Waals surface area contributed by atoms with Gasteiger partial charge in [0.15, 0.2) is 0 Å². The van der Waals surface area contributed by atoms with E-state index >= 15 is 0 Å². The van der Waals surface area contributed by atoms with Gasteiger partial charge in [0.25, 0.3) is 5.91 Å². The van der Waals surface area contributed by atoms with Gasteiger partial charge < -0.3 is 10.6 Å².